The van der Waals surface area contributed by atoms with Gasteiger partial charge in [0.1, 0.15) is 5.69 Å². The zero-order valence-corrected chi connectivity index (χ0v) is 16.3. The van der Waals surface area contributed by atoms with Crippen LogP contribution in [0.3, 0.4) is 0 Å². The summed E-state index contributed by atoms with van der Waals surface area (Å²) in [5, 5.41) is 4.52. The summed E-state index contributed by atoms with van der Waals surface area (Å²) in [6, 6.07) is 11.7. The molecule has 0 bridgehead atoms. The Morgan fingerprint density at radius 1 is 1.10 bits per heavy atom. The molecule has 0 radical (unpaired) electrons. The van der Waals surface area contributed by atoms with Crippen molar-refractivity contribution >= 4 is 11.9 Å². The van der Waals surface area contributed by atoms with Crippen molar-refractivity contribution in [2.45, 2.75) is 13.1 Å². The van der Waals surface area contributed by atoms with Gasteiger partial charge in [0, 0.05) is 44.0 Å². The number of fused-ring (bicyclic) bond motifs is 1. The van der Waals surface area contributed by atoms with Gasteiger partial charge in [0.05, 0.1) is 31.1 Å². The maximum atomic E-state index is 13.2. The van der Waals surface area contributed by atoms with E-state index in [-0.39, 0.29) is 5.91 Å². The third-order valence-corrected chi connectivity index (χ3v) is 5.39. The number of nitrogens with zero attached hydrogens (tertiary/aromatic N) is 6. The molecule has 0 saturated carbocycles. The number of amides is 1. The lowest BCUT2D eigenvalue weighted by atomic mass is 10.1. The number of anilines is 1. The van der Waals surface area contributed by atoms with Gasteiger partial charge in [-0.05, 0) is 6.07 Å². The number of hydrogen-bond acceptors (Lipinski definition) is 6. The summed E-state index contributed by atoms with van der Waals surface area (Å²) in [7, 11) is 1.80. The van der Waals surface area contributed by atoms with Gasteiger partial charge in [-0.25, -0.2) is 9.97 Å². The fourth-order valence-corrected chi connectivity index (χ4v) is 3.78. The molecular formula is C21H22N6O2. The highest BCUT2D eigenvalue weighted by Crippen LogP contribution is 2.26. The normalized spacial score (nSPS) is 16.2. The third-order valence-electron chi connectivity index (χ3n) is 5.39. The molecule has 3 aromatic rings. The zero-order valence-electron chi connectivity index (χ0n) is 16.3. The predicted molar refractivity (Wildman–Crippen MR) is 107 cm³/mol. The van der Waals surface area contributed by atoms with Gasteiger partial charge in [-0.2, -0.15) is 5.10 Å². The maximum Gasteiger partial charge on any atom is 0.272 e. The van der Waals surface area contributed by atoms with Crippen molar-refractivity contribution in [3.8, 4) is 11.3 Å². The van der Waals surface area contributed by atoms with Gasteiger partial charge in [0.2, 0.25) is 5.95 Å². The third kappa shape index (κ3) is 3.36. The molecule has 2 aromatic heterocycles. The van der Waals surface area contributed by atoms with E-state index in [9.17, 15) is 4.79 Å². The van der Waals surface area contributed by atoms with Crippen molar-refractivity contribution in [2.24, 2.45) is 7.05 Å². The smallest absolute Gasteiger partial charge is 0.272 e. The van der Waals surface area contributed by atoms with Crippen LogP contribution in [0.2, 0.25) is 0 Å². The Morgan fingerprint density at radius 2 is 1.90 bits per heavy atom. The lowest BCUT2D eigenvalue weighted by Crippen LogP contribution is -2.37. The average molecular weight is 390 g/mol. The highest BCUT2D eigenvalue weighted by atomic mass is 16.5. The molecule has 8 heteroatoms. The molecule has 1 aromatic carbocycles. The second-order valence-electron chi connectivity index (χ2n) is 7.31. The summed E-state index contributed by atoms with van der Waals surface area (Å²) >= 11 is 0. The molecule has 1 fully saturated rings. The molecule has 5 rings (SSSR count). The topological polar surface area (TPSA) is 76.4 Å². The fraction of sp³-hybridized carbons (Fsp3) is 0.333. The van der Waals surface area contributed by atoms with Crippen LogP contribution in [-0.2, 0) is 24.9 Å². The molecule has 2 aliphatic heterocycles. The van der Waals surface area contributed by atoms with Crippen molar-refractivity contribution in [1.29, 1.82) is 0 Å². The zero-order chi connectivity index (χ0) is 19.8. The van der Waals surface area contributed by atoms with Crippen molar-refractivity contribution in [3.63, 3.8) is 0 Å². The second-order valence-corrected chi connectivity index (χ2v) is 7.31. The SMILES string of the molecule is Cn1nc(-c2ccccc2)cc1C(=O)N1Cc2cnc(N3CCOCC3)nc2C1. The van der Waals surface area contributed by atoms with Crippen LogP contribution in [0, 0.1) is 0 Å². The standard InChI is InChI=1S/C21H22N6O2/c1-25-19(11-17(24-25)15-5-3-2-4-6-15)20(28)27-13-16-12-22-21(23-18(16)14-27)26-7-9-29-10-8-26/h2-6,11-12H,7-10,13-14H2,1H3. The number of hydrogen-bond donors (Lipinski definition) is 0. The number of aromatic nitrogens is 4. The lowest BCUT2D eigenvalue weighted by molar-refractivity contribution is 0.0739. The molecule has 1 amide bonds. The summed E-state index contributed by atoms with van der Waals surface area (Å²) < 4.78 is 7.05. The molecule has 8 nitrogen and oxygen atoms in total. The summed E-state index contributed by atoms with van der Waals surface area (Å²) in [5.41, 5.74) is 4.27. The van der Waals surface area contributed by atoms with Crippen LogP contribution in [0.4, 0.5) is 5.95 Å². The van der Waals surface area contributed by atoms with Gasteiger partial charge < -0.3 is 14.5 Å². The molecule has 0 aliphatic carbocycles. The summed E-state index contributed by atoms with van der Waals surface area (Å²) in [4.78, 5) is 26.3. The van der Waals surface area contributed by atoms with Crippen LogP contribution < -0.4 is 4.90 Å². The largest absolute Gasteiger partial charge is 0.378 e. The number of carbonyl (C=O) groups excluding carboxylic acids is 1. The van der Waals surface area contributed by atoms with E-state index < -0.39 is 0 Å². The van der Waals surface area contributed by atoms with Gasteiger partial charge in [-0.15, -0.1) is 0 Å². The lowest BCUT2D eigenvalue weighted by Gasteiger charge is -2.26. The van der Waals surface area contributed by atoms with E-state index >= 15 is 0 Å². The first-order valence-electron chi connectivity index (χ1n) is 9.75. The Hall–Kier alpha value is -3.26. The van der Waals surface area contributed by atoms with Crippen LogP contribution in [0.25, 0.3) is 11.3 Å². The molecule has 0 N–H and O–H groups in total. The first kappa shape index (κ1) is 17.8. The van der Waals surface area contributed by atoms with Crippen molar-refractivity contribution in [2.75, 3.05) is 31.2 Å². The Kier molecular flexibility index (Phi) is 4.48. The van der Waals surface area contributed by atoms with Crippen molar-refractivity contribution < 1.29 is 9.53 Å². The highest BCUT2D eigenvalue weighted by molar-refractivity contribution is 5.94. The number of ether oxygens (including phenoxy) is 1. The fourth-order valence-electron chi connectivity index (χ4n) is 3.78. The van der Waals surface area contributed by atoms with Crippen LogP contribution >= 0.6 is 0 Å². The van der Waals surface area contributed by atoms with E-state index in [2.05, 4.69) is 15.0 Å². The van der Waals surface area contributed by atoms with E-state index in [0.717, 1.165) is 35.6 Å². The molecule has 2 aliphatic rings. The quantitative estimate of drug-likeness (QED) is 0.680. The minimum atomic E-state index is -0.0481. The Bertz CT molecular complexity index is 1040. The Balaban J connectivity index is 1.35. The van der Waals surface area contributed by atoms with Crippen LogP contribution in [-0.4, -0.2) is 56.9 Å². The van der Waals surface area contributed by atoms with E-state index in [1.54, 1.807) is 16.6 Å². The molecule has 148 valence electrons. The molecule has 0 atom stereocenters. The predicted octanol–water partition coefficient (Wildman–Crippen LogP) is 1.87. The second kappa shape index (κ2) is 7.29. The van der Waals surface area contributed by atoms with Crippen molar-refractivity contribution in [1.82, 2.24) is 24.6 Å². The van der Waals surface area contributed by atoms with Crippen LogP contribution in [0.1, 0.15) is 21.7 Å². The summed E-state index contributed by atoms with van der Waals surface area (Å²) in [6.07, 6.45) is 1.85. The van der Waals surface area contributed by atoms with Gasteiger partial charge in [0.25, 0.3) is 5.91 Å². The molecule has 29 heavy (non-hydrogen) atoms. The first-order chi connectivity index (χ1) is 14.2. The number of benzene rings is 1. The van der Waals surface area contributed by atoms with E-state index in [4.69, 9.17) is 9.72 Å². The van der Waals surface area contributed by atoms with Crippen LogP contribution in [0.5, 0.6) is 0 Å². The Morgan fingerprint density at radius 3 is 2.69 bits per heavy atom. The monoisotopic (exact) mass is 390 g/mol. The van der Waals surface area contributed by atoms with E-state index in [1.807, 2.05) is 42.6 Å². The Labute approximate surface area is 168 Å². The van der Waals surface area contributed by atoms with Crippen LogP contribution in [0.15, 0.2) is 42.6 Å². The highest BCUT2D eigenvalue weighted by Gasteiger charge is 2.29. The molecular weight excluding hydrogens is 368 g/mol. The maximum absolute atomic E-state index is 13.2. The van der Waals surface area contributed by atoms with E-state index in [0.29, 0.717) is 37.9 Å². The summed E-state index contributed by atoms with van der Waals surface area (Å²) in [5.74, 6) is 0.668. The van der Waals surface area contributed by atoms with Gasteiger partial charge in [-0.3, -0.25) is 9.48 Å². The number of rotatable bonds is 3. The number of morpholine rings is 1. The average Bonchev–Trinajstić information content (AvgIpc) is 3.37. The molecule has 4 heterocycles. The van der Waals surface area contributed by atoms with Gasteiger partial charge in [0.15, 0.2) is 0 Å². The van der Waals surface area contributed by atoms with E-state index in [1.165, 1.54) is 0 Å². The molecule has 0 unspecified atom stereocenters. The first-order valence-corrected chi connectivity index (χ1v) is 9.75. The molecule has 1 saturated heterocycles. The van der Waals surface area contributed by atoms with Gasteiger partial charge in [-0.1, -0.05) is 30.3 Å². The number of aryl methyl sites for hydroxylation is 1. The minimum absolute atomic E-state index is 0.0481. The van der Waals surface area contributed by atoms with Gasteiger partial charge >= 0.3 is 0 Å². The molecule has 0 spiro atoms. The number of carbonyl (C=O) groups is 1. The summed E-state index contributed by atoms with van der Waals surface area (Å²) in [6.45, 7) is 3.96. The minimum Gasteiger partial charge on any atom is -0.378 e. The van der Waals surface area contributed by atoms with Crippen molar-refractivity contribution in [3.05, 3.63) is 59.5 Å².